The molecule has 12 rings (SSSR count). The SMILES string of the molecule is CC1(C)c2cc(-c3cc4ccccc4c4ccccc34)ccc2-c2ccc(-c3cc4c(c5ccccc35)c3c5ccccc5ccc3n4-c3ccccc3)cc21. The average molecular weight is 712 g/mol. The van der Waals surface area contributed by atoms with Gasteiger partial charge in [-0.3, -0.25) is 0 Å². The van der Waals surface area contributed by atoms with E-state index in [9.17, 15) is 0 Å². The van der Waals surface area contributed by atoms with Gasteiger partial charge in [0.25, 0.3) is 0 Å². The summed E-state index contributed by atoms with van der Waals surface area (Å²) in [6, 6.07) is 70.1. The lowest BCUT2D eigenvalue weighted by Gasteiger charge is -2.23. The zero-order chi connectivity index (χ0) is 37.1. The molecule has 11 aromatic rings. The molecule has 56 heavy (non-hydrogen) atoms. The molecule has 0 unspecified atom stereocenters. The summed E-state index contributed by atoms with van der Waals surface area (Å²) < 4.78 is 2.47. The van der Waals surface area contributed by atoms with Crippen LogP contribution in [-0.4, -0.2) is 4.57 Å². The van der Waals surface area contributed by atoms with Gasteiger partial charge in [-0.2, -0.15) is 0 Å². The second-order valence-corrected chi connectivity index (χ2v) is 16.1. The van der Waals surface area contributed by atoms with E-state index >= 15 is 0 Å². The third-order valence-electron chi connectivity index (χ3n) is 12.7. The molecule has 1 heterocycles. The van der Waals surface area contributed by atoms with Crippen LogP contribution in [0.15, 0.2) is 188 Å². The first-order valence-corrected chi connectivity index (χ1v) is 19.7. The molecule has 0 N–H and O–H groups in total. The normalized spacial score (nSPS) is 13.3. The second kappa shape index (κ2) is 11.5. The van der Waals surface area contributed by atoms with Crippen molar-refractivity contribution >= 4 is 64.9 Å². The van der Waals surface area contributed by atoms with E-state index in [1.807, 2.05) is 0 Å². The maximum absolute atomic E-state index is 2.49. The largest absolute Gasteiger partial charge is 0.309 e. The number of aromatic nitrogens is 1. The molecule has 262 valence electrons. The molecule has 1 aromatic heterocycles. The molecule has 10 aromatic carbocycles. The average Bonchev–Trinajstić information content (AvgIpc) is 3.71. The maximum Gasteiger partial charge on any atom is 0.0553 e. The van der Waals surface area contributed by atoms with Crippen molar-refractivity contribution in [3.05, 3.63) is 199 Å². The minimum absolute atomic E-state index is 0.179. The van der Waals surface area contributed by atoms with Gasteiger partial charge >= 0.3 is 0 Å². The number of para-hydroxylation sites is 1. The first-order valence-electron chi connectivity index (χ1n) is 19.7. The summed E-state index contributed by atoms with van der Waals surface area (Å²) in [6.45, 7) is 4.81. The lowest BCUT2D eigenvalue weighted by Crippen LogP contribution is -2.15. The van der Waals surface area contributed by atoms with Gasteiger partial charge in [0.1, 0.15) is 0 Å². The number of nitrogens with zero attached hydrogens (tertiary/aromatic N) is 1. The zero-order valence-corrected chi connectivity index (χ0v) is 31.3. The first kappa shape index (κ1) is 31.4. The molecule has 1 aliphatic carbocycles. The van der Waals surface area contributed by atoms with Crippen molar-refractivity contribution in [3.8, 4) is 39.1 Å². The molecule has 1 nitrogen and oxygen atoms in total. The Bertz CT molecular complexity index is 3430. The Labute approximate surface area is 325 Å². The van der Waals surface area contributed by atoms with E-state index in [4.69, 9.17) is 0 Å². The van der Waals surface area contributed by atoms with E-state index in [1.165, 1.54) is 115 Å². The lowest BCUT2D eigenvalue weighted by molar-refractivity contribution is 0.661. The van der Waals surface area contributed by atoms with Gasteiger partial charge < -0.3 is 4.57 Å². The van der Waals surface area contributed by atoms with Crippen LogP contribution in [0.3, 0.4) is 0 Å². The highest BCUT2D eigenvalue weighted by Gasteiger charge is 2.36. The van der Waals surface area contributed by atoms with Crippen molar-refractivity contribution in [1.82, 2.24) is 4.57 Å². The van der Waals surface area contributed by atoms with Crippen LogP contribution in [0.2, 0.25) is 0 Å². The fourth-order valence-corrected chi connectivity index (χ4v) is 10.1. The van der Waals surface area contributed by atoms with Gasteiger partial charge in [0, 0.05) is 21.9 Å². The highest BCUT2D eigenvalue weighted by molar-refractivity contribution is 6.30. The monoisotopic (exact) mass is 711 g/mol. The van der Waals surface area contributed by atoms with E-state index in [0.717, 1.165) is 0 Å². The van der Waals surface area contributed by atoms with Gasteiger partial charge in [0.2, 0.25) is 0 Å². The number of hydrogen-bond acceptors (Lipinski definition) is 0. The van der Waals surface area contributed by atoms with Crippen LogP contribution in [-0.2, 0) is 5.41 Å². The Kier molecular flexibility index (Phi) is 6.46. The van der Waals surface area contributed by atoms with Crippen molar-refractivity contribution in [2.75, 3.05) is 0 Å². The van der Waals surface area contributed by atoms with Crippen LogP contribution < -0.4 is 0 Å². The molecule has 1 heteroatoms. The Morgan fingerprint density at radius 1 is 0.339 bits per heavy atom. The molecule has 0 saturated carbocycles. The Morgan fingerprint density at radius 3 is 1.55 bits per heavy atom. The minimum atomic E-state index is -0.179. The maximum atomic E-state index is 2.49. The van der Waals surface area contributed by atoms with Crippen molar-refractivity contribution in [1.29, 1.82) is 0 Å². The third-order valence-corrected chi connectivity index (χ3v) is 12.7. The molecular weight excluding hydrogens is 675 g/mol. The minimum Gasteiger partial charge on any atom is -0.309 e. The van der Waals surface area contributed by atoms with Crippen molar-refractivity contribution < 1.29 is 0 Å². The molecule has 0 bridgehead atoms. The molecule has 0 saturated heterocycles. The molecule has 0 atom stereocenters. The lowest BCUT2D eigenvalue weighted by atomic mass is 9.80. The highest BCUT2D eigenvalue weighted by atomic mass is 15.0. The first-order chi connectivity index (χ1) is 27.5. The van der Waals surface area contributed by atoms with Crippen LogP contribution in [0.25, 0.3) is 104 Å². The summed E-state index contributed by atoms with van der Waals surface area (Å²) >= 11 is 0. The van der Waals surface area contributed by atoms with Crippen LogP contribution in [0, 0.1) is 0 Å². The van der Waals surface area contributed by atoms with E-state index in [1.54, 1.807) is 0 Å². The van der Waals surface area contributed by atoms with Gasteiger partial charge in [-0.25, -0.2) is 0 Å². The summed E-state index contributed by atoms with van der Waals surface area (Å²) in [6.07, 6.45) is 0. The Balaban J connectivity index is 1.07. The van der Waals surface area contributed by atoms with Crippen LogP contribution >= 0.6 is 0 Å². The number of benzene rings is 10. The number of hydrogen-bond donors (Lipinski definition) is 0. The number of rotatable bonds is 3. The third kappa shape index (κ3) is 4.31. The van der Waals surface area contributed by atoms with Gasteiger partial charge in [-0.05, 0) is 130 Å². The van der Waals surface area contributed by atoms with Crippen molar-refractivity contribution in [3.63, 3.8) is 0 Å². The van der Waals surface area contributed by atoms with Crippen LogP contribution in [0.1, 0.15) is 25.0 Å². The summed E-state index contributed by atoms with van der Waals surface area (Å²) in [5.74, 6) is 0. The van der Waals surface area contributed by atoms with E-state index < -0.39 is 0 Å². The summed E-state index contributed by atoms with van der Waals surface area (Å²) in [5.41, 5.74) is 13.9. The molecule has 1 aliphatic rings. The van der Waals surface area contributed by atoms with Crippen molar-refractivity contribution in [2.24, 2.45) is 0 Å². The van der Waals surface area contributed by atoms with Gasteiger partial charge in [0.15, 0.2) is 0 Å². The molecule has 0 fully saturated rings. The molecular formula is C55H37N. The zero-order valence-electron chi connectivity index (χ0n) is 31.3. The fraction of sp³-hybridized carbons (Fsp3) is 0.0545. The van der Waals surface area contributed by atoms with Crippen LogP contribution in [0.5, 0.6) is 0 Å². The van der Waals surface area contributed by atoms with E-state index in [0.29, 0.717) is 0 Å². The fourth-order valence-electron chi connectivity index (χ4n) is 10.1. The smallest absolute Gasteiger partial charge is 0.0553 e. The topological polar surface area (TPSA) is 4.93 Å². The quantitative estimate of drug-likeness (QED) is 0.161. The van der Waals surface area contributed by atoms with E-state index in [2.05, 4.69) is 206 Å². The van der Waals surface area contributed by atoms with Gasteiger partial charge in [-0.15, -0.1) is 0 Å². The van der Waals surface area contributed by atoms with Crippen LogP contribution in [0.4, 0.5) is 0 Å². The predicted octanol–water partition coefficient (Wildman–Crippen LogP) is 15.0. The predicted molar refractivity (Wildman–Crippen MR) is 239 cm³/mol. The van der Waals surface area contributed by atoms with Gasteiger partial charge in [0.05, 0.1) is 11.0 Å². The Morgan fingerprint density at radius 2 is 0.857 bits per heavy atom. The van der Waals surface area contributed by atoms with E-state index in [-0.39, 0.29) is 5.41 Å². The number of fused-ring (bicyclic) bond motifs is 13. The standard InChI is InChI=1S/C55H37N/c1-55(2)49-31-36(47-30-35-15-7-8-18-39(35)41-20-10-11-21-42(41)47)24-27-44(49)45-28-25-37(32-50(45)55)48-33-52-54(46-23-13-12-22-43(46)48)53-40-19-9-6-14-34(40)26-29-51(53)56(52)38-16-4-3-5-17-38/h3-33H,1-2H3. The Hall–Kier alpha value is -6.96. The summed E-state index contributed by atoms with van der Waals surface area (Å²) in [5, 5.41) is 12.9. The molecule has 0 aliphatic heterocycles. The summed E-state index contributed by atoms with van der Waals surface area (Å²) in [4.78, 5) is 0. The summed E-state index contributed by atoms with van der Waals surface area (Å²) in [7, 11) is 0. The van der Waals surface area contributed by atoms with Crippen molar-refractivity contribution in [2.45, 2.75) is 19.3 Å². The van der Waals surface area contributed by atoms with Gasteiger partial charge in [-0.1, -0.05) is 159 Å². The second-order valence-electron chi connectivity index (χ2n) is 16.1. The molecule has 0 radical (unpaired) electrons. The molecule has 0 amide bonds. The molecule has 0 spiro atoms. The highest BCUT2D eigenvalue weighted by Crippen LogP contribution is 2.52.